The first-order valence-corrected chi connectivity index (χ1v) is 8.93. The number of benzene rings is 1. The number of rotatable bonds is 3. The van der Waals surface area contributed by atoms with Gasteiger partial charge >= 0.3 is 0 Å². The van der Waals surface area contributed by atoms with Crippen LogP contribution in [0.1, 0.15) is 21.1 Å². The van der Waals surface area contributed by atoms with Crippen LogP contribution in [0.2, 0.25) is 0 Å². The SMILES string of the molecule is COc1ccc2cc(C(=O)N3CCc4nc[nH]c4C3)sc(=O)c2c1OC. The lowest BCUT2D eigenvalue weighted by molar-refractivity contribution is 0.0737. The number of imidazole rings is 1. The molecule has 26 heavy (non-hydrogen) atoms. The number of methoxy groups -OCH3 is 2. The van der Waals surface area contributed by atoms with E-state index in [1.807, 2.05) is 0 Å². The van der Waals surface area contributed by atoms with Crippen molar-refractivity contribution in [2.75, 3.05) is 20.8 Å². The van der Waals surface area contributed by atoms with Crippen molar-refractivity contribution in [2.45, 2.75) is 13.0 Å². The molecule has 0 radical (unpaired) electrons. The van der Waals surface area contributed by atoms with Crippen LogP contribution in [-0.2, 0) is 13.0 Å². The van der Waals surface area contributed by atoms with Crippen LogP contribution in [0.25, 0.3) is 10.8 Å². The number of aromatic nitrogens is 2. The predicted molar refractivity (Wildman–Crippen MR) is 98.2 cm³/mol. The Hall–Kier alpha value is -2.87. The highest BCUT2D eigenvalue weighted by atomic mass is 32.1. The largest absolute Gasteiger partial charge is 0.493 e. The second-order valence-electron chi connectivity index (χ2n) is 5.97. The van der Waals surface area contributed by atoms with Crippen LogP contribution < -0.4 is 14.2 Å². The van der Waals surface area contributed by atoms with Gasteiger partial charge in [0, 0.05) is 13.0 Å². The van der Waals surface area contributed by atoms with Crippen molar-refractivity contribution in [1.82, 2.24) is 14.9 Å². The van der Waals surface area contributed by atoms with Gasteiger partial charge in [0.15, 0.2) is 11.5 Å². The first-order valence-electron chi connectivity index (χ1n) is 8.11. The zero-order valence-electron chi connectivity index (χ0n) is 14.4. The molecule has 0 unspecified atom stereocenters. The maximum atomic E-state index is 12.9. The average Bonchev–Trinajstić information content (AvgIpc) is 3.14. The summed E-state index contributed by atoms with van der Waals surface area (Å²) in [5.41, 5.74) is 1.95. The standard InChI is InChI=1S/C18H17N3O4S/c1-24-13-4-3-10-7-14(26-18(23)15(10)16(13)25-2)17(22)21-6-5-11-12(8-21)20-9-19-11/h3-4,7,9H,5-6,8H2,1-2H3,(H,19,20). The van der Waals surface area contributed by atoms with Crippen molar-refractivity contribution in [3.05, 3.63) is 50.3 Å². The fourth-order valence-corrected chi connectivity index (χ4v) is 4.16. The van der Waals surface area contributed by atoms with E-state index in [9.17, 15) is 9.59 Å². The zero-order chi connectivity index (χ0) is 18.3. The lowest BCUT2D eigenvalue weighted by Crippen LogP contribution is -2.36. The molecule has 8 heteroatoms. The molecule has 1 N–H and O–H groups in total. The molecule has 1 amide bonds. The van der Waals surface area contributed by atoms with Crippen molar-refractivity contribution in [3.63, 3.8) is 0 Å². The summed E-state index contributed by atoms with van der Waals surface area (Å²) >= 11 is 0.933. The minimum atomic E-state index is -0.221. The van der Waals surface area contributed by atoms with E-state index in [1.54, 1.807) is 29.4 Å². The molecule has 0 bridgehead atoms. The molecule has 0 atom stereocenters. The van der Waals surface area contributed by atoms with E-state index < -0.39 is 0 Å². The molecule has 0 fully saturated rings. The number of ether oxygens (including phenoxy) is 2. The summed E-state index contributed by atoms with van der Waals surface area (Å²) in [5.74, 6) is 0.737. The quantitative estimate of drug-likeness (QED) is 0.763. The highest BCUT2D eigenvalue weighted by Gasteiger charge is 2.25. The lowest BCUT2D eigenvalue weighted by atomic mass is 10.1. The summed E-state index contributed by atoms with van der Waals surface area (Å²) in [4.78, 5) is 35.1. The van der Waals surface area contributed by atoms with E-state index in [-0.39, 0.29) is 10.6 Å². The van der Waals surface area contributed by atoms with E-state index in [1.165, 1.54) is 14.2 Å². The second kappa shape index (κ2) is 6.45. The monoisotopic (exact) mass is 371 g/mol. The van der Waals surface area contributed by atoms with Crippen molar-refractivity contribution in [1.29, 1.82) is 0 Å². The van der Waals surface area contributed by atoms with Gasteiger partial charge < -0.3 is 19.4 Å². The molecule has 3 heterocycles. The Morgan fingerprint density at radius 1 is 1.31 bits per heavy atom. The van der Waals surface area contributed by atoms with Gasteiger partial charge in [0.25, 0.3) is 5.91 Å². The van der Waals surface area contributed by atoms with Crippen LogP contribution in [0.15, 0.2) is 29.3 Å². The molecule has 1 aromatic carbocycles. The summed E-state index contributed by atoms with van der Waals surface area (Å²) in [6, 6.07) is 5.25. The molecule has 0 spiro atoms. The summed E-state index contributed by atoms with van der Waals surface area (Å²) in [6.45, 7) is 1.06. The minimum Gasteiger partial charge on any atom is -0.493 e. The lowest BCUT2D eigenvalue weighted by Gasteiger charge is -2.26. The Labute approximate surface area is 153 Å². The third-order valence-electron chi connectivity index (χ3n) is 4.54. The van der Waals surface area contributed by atoms with Gasteiger partial charge in [-0.05, 0) is 17.5 Å². The van der Waals surface area contributed by atoms with Gasteiger partial charge in [-0.2, -0.15) is 0 Å². The van der Waals surface area contributed by atoms with Gasteiger partial charge in [0.1, 0.15) is 0 Å². The molecule has 7 nitrogen and oxygen atoms in total. The topological polar surface area (TPSA) is 84.5 Å². The van der Waals surface area contributed by atoms with Crippen LogP contribution in [0.3, 0.4) is 0 Å². The van der Waals surface area contributed by atoms with Crippen LogP contribution in [0, 0.1) is 0 Å². The van der Waals surface area contributed by atoms with Crippen LogP contribution in [0.4, 0.5) is 0 Å². The number of aromatic amines is 1. The van der Waals surface area contributed by atoms with E-state index in [0.717, 1.165) is 22.7 Å². The summed E-state index contributed by atoms with van der Waals surface area (Å²) in [7, 11) is 3.02. The Bertz CT molecular complexity index is 1060. The maximum absolute atomic E-state index is 12.9. The van der Waals surface area contributed by atoms with Gasteiger partial charge in [-0.25, -0.2) is 4.98 Å². The molecule has 1 aliphatic heterocycles. The molecule has 1 aliphatic rings. The maximum Gasteiger partial charge on any atom is 0.264 e. The summed E-state index contributed by atoms with van der Waals surface area (Å²) in [5, 5.41) is 1.09. The van der Waals surface area contributed by atoms with E-state index >= 15 is 0 Å². The minimum absolute atomic E-state index is 0.149. The highest BCUT2D eigenvalue weighted by molar-refractivity contribution is 7.12. The summed E-state index contributed by atoms with van der Waals surface area (Å²) in [6.07, 6.45) is 2.35. The van der Waals surface area contributed by atoms with Gasteiger partial charge in [-0.3, -0.25) is 9.59 Å². The smallest absolute Gasteiger partial charge is 0.264 e. The van der Waals surface area contributed by atoms with Crippen molar-refractivity contribution in [3.8, 4) is 11.5 Å². The summed E-state index contributed by atoms with van der Waals surface area (Å²) < 4.78 is 10.4. The second-order valence-corrected chi connectivity index (χ2v) is 6.98. The number of nitrogens with one attached hydrogen (secondary N) is 1. The number of carbonyl (C=O) groups is 1. The van der Waals surface area contributed by atoms with Crippen molar-refractivity contribution >= 4 is 28.0 Å². The number of hydrogen-bond donors (Lipinski definition) is 1. The first kappa shape index (κ1) is 16.6. The third kappa shape index (κ3) is 2.62. The molecule has 4 rings (SSSR count). The fraction of sp³-hybridized carbons (Fsp3) is 0.278. The van der Waals surface area contributed by atoms with Crippen molar-refractivity contribution < 1.29 is 14.3 Å². The van der Waals surface area contributed by atoms with Crippen LogP contribution in [-0.4, -0.2) is 41.5 Å². The number of fused-ring (bicyclic) bond motifs is 2. The van der Waals surface area contributed by atoms with Crippen molar-refractivity contribution in [2.24, 2.45) is 0 Å². The number of amides is 1. The first-order chi connectivity index (χ1) is 12.6. The third-order valence-corrected chi connectivity index (χ3v) is 5.45. The molecular formula is C18H17N3O4S. The Morgan fingerprint density at radius 3 is 2.92 bits per heavy atom. The molecule has 134 valence electrons. The number of nitrogens with zero attached hydrogens (tertiary/aromatic N) is 2. The number of H-pyrrole nitrogens is 1. The average molecular weight is 371 g/mol. The van der Waals surface area contributed by atoms with Gasteiger partial charge in [0.2, 0.25) is 4.74 Å². The Balaban J connectivity index is 1.74. The number of hydrogen-bond acceptors (Lipinski definition) is 6. The molecule has 0 aliphatic carbocycles. The molecule has 0 saturated carbocycles. The Kier molecular flexibility index (Phi) is 4.12. The normalized spacial score (nSPS) is 13.5. The zero-order valence-corrected chi connectivity index (χ0v) is 15.2. The van der Waals surface area contributed by atoms with E-state index in [2.05, 4.69) is 9.97 Å². The predicted octanol–water partition coefficient (Wildman–Crippen LogP) is 2.20. The van der Waals surface area contributed by atoms with E-state index in [0.29, 0.717) is 46.7 Å². The van der Waals surface area contributed by atoms with Crippen LogP contribution in [0.5, 0.6) is 11.5 Å². The fourth-order valence-electron chi connectivity index (χ4n) is 3.24. The van der Waals surface area contributed by atoms with Gasteiger partial charge in [-0.15, -0.1) is 0 Å². The van der Waals surface area contributed by atoms with Crippen LogP contribution >= 0.6 is 11.3 Å². The molecule has 2 aromatic heterocycles. The van der Waals surface area contributed by atoms with E-state index in [4.69, 9.17) is 9.47 Å². The van der Waals surface area contributed by atoms with Gasteiger partial charge in [0.05, 0.1) is 48.7 Å². The Morgan fingerprint density at radius 2 is 2.15 bits per heavy atom. The number of carbonyl (C=O) groups excluding carboxylic acids is 1. The molecular weight excluding hydrogens is 354 g/mol. The molecule has 3 aromatic rings. The van der Waals surface area contributed by atoms with Gasteiger partial charge in [-0.1, -0.05) is 17.4 Å². The highest BCUT2D eigenvalue weighted by Crippen LogP contribution is 2.34. The molecule has 0 saturated heterocycles.